The fraction of sp³-hybridized carbons (Fsp3) is 0.536. The molecule has 0 aromatic heterocycles. The van der Waals surface area contributed by atoms with E-state index in [2.05, 4.69) is 24.3 Å². The van der Waals surface area contributed by atoms with Gasteiger partial charge in [0.2, 0.25) is 0 Å². The summed E-state index contributed by atoms with van der Waals surface area (Å²) in [5.41, 5.74) is 3.46. The van der Waals surface area contributed by atoms with Crippen LogP contribution in [0.5, 0.6) is 5.75 Å². The summed E-state index contributed by atoms with van der Waals surface area (Å²) in [4.78, 5) is 11.9. The molecular weight excluding hydrogens is 403 g/mol. The van der Waals surface area contributed by atoms with Gasteiger partial charge in [-0.25, -0.2) is 4.39 Å². The summed E-state index contributed by atoms with van der Waals surface area (Å²) < 4.78 is 24.6. The molecule has 4 rings (SSSR count). The molecule has 2 aromatic rings. The van der Waals surface area contributed by atoms with Crippen LogP contribution in [-0.4, -0.2) is 20.2 Å². The highest BCUT2D eigenvalue weighted by atomic mass is 19.1. The predicted octanol–water partition coefficient (Wildman–Crippen LogP) is 6.80. The molecule has 4 heteroatoms. The quantitative estimate of drug-likeness (QED) is 0.404. The van der Waals surface area contributed by atoms with E-state index in [1.165, 1.54) is 43.6 Å². The Bertz CT molecular complexity index is 913. The number of benzene rings is 2. The van der Waals surface area contributed by atoms with E-state index in [1.54, 1.807) is 13.2 Å². The van der Waals surface area contributed by atoms with Crippen molar-refractivity contribution >= 4 is 5.97 Å². The number of carbonyl (C=O) groups is 1. The van der Waals surface area contributed by atoms with Gasteiger partial charge in [-0.3, -0.25) is 4.79 Å². The Morgan fingerprint density at radius 1 is 1.03 bits per heavy atom. The maximum atomic E-state index is 14.3. The average Bonchev–Trinajstić information content (AvgIpc) is 3.67. The first-order chi connectivity index (χ1) is 15.6. The molecule has 0 saturated heterocycles. The highest BCUT2D eigenvalue weighted by molar-refractivity contribution is 5.70. The molecule has 0 bridgehead atoms. The Morgan fingerprint density at radius 3 is 2.50 bits per heavy atom. The lowest BCUT2D eigenvalue weighted by Gasteiger charge is -2.29. The van der Waals surface area contributed by atoms with Gasteiger partial charge in [0.25, 0.3) is 0 Å². The number of esters is 1. The first-order valence-corrected chi connectivity index (χ1v) is 12.1. The molecule has 2 aliphatic carbocycles. The molecule has 0 radical (unpaired) electrons. The van der Waals surface area contributed by atoms with Crippen LogP contribution in [0.2, 0.25) is 0 Å². The van der Waals surface area contributed by atoms with Crippen molar-refractivity contribution in [3.8, 4) is 5.75 Å². The third-order valence-electron chi connectivity index (χ3n) is 7.52. The van der Waals surface area contributed by atoms with Crippen LogP contribution in [0.3, 0.4) is 0 Å². The number of rotatable bonds is 9. The lowest BCUT2D eigenvalue weighted by atomic mass is 9.76. The van der Waals surface area contributed by atoms with Crippen molar-refractivity contribution in [2.24, 2.45) is 11.8 Å². The molecule has 0 spiro atoms. The summed E-state index contributed by atoms with van der Waals surface area (Å²) in [7, 11) is 3.10. The van der Waals surface area contributed by atoms with E-state index in [4.69, 9.17) is 9.47 Å². The lowest BCUT2D eigenvalue weighted by molar-refractivity contribution is -0.141. The topological polar surface area (TPSA) is 35.5 Å². The number of carbonyl (C=O) groups excluding carboxylic acids is 1. The molecule has 0 N–H and O–H groups in total. The molecule has 3 nitrogen and oxygen atoms in total. The summed E-state index contributed by atoms with van der Waals surface area (Å²) >= 11 is 0. The molecule has 2 saturated carbocycles. The fourth-order valence-electron chi connectivity index (χ4n) is 5.39. The minimum atomic E-state index is -0.114. The molecule has 1 atom stereocenters. The van der Waals surface area contributed by atoms with Gasteiger partial charge in [-0.15, -0.1) is 0 Å². The van der Waals surface area contributed by atoms with Crippen LogP contribution in [0.4, 0.5) is 4.39 Å². The zero-order valence-electron chi connectivity index (χ0n) is 19.3. The second kappa shape index (κ2) is 10.5. The highest BCUT2D eigenvalue weighted by Gasteiger charge is 2.34. The normalized spacial score (nSPS) is 21.7. The van der Waals surface area contributed by atoms with Crippen molar-refractivity contribution < 1.29 is 18.7 Å². The van der Waals surface area contributed by atoms with Gasteiger partial charge in [-0.2, -0.15) is 0 Å². The second-order valence-corrected chi connectivity index (χ2v) is 9.61. The molecular formula is C28H35FO3. The molecule has 0 heterocycles. The lowest BCUT2D eigenvalue weighted by Crippen LogP contribution is -2.15. The van der Waals surface area contributed by atoms with Crippen molar-refractivity contribution in [3.05, 3.63) is 65.0 Å². The van der Waals surface area contributed by atoms with Gasteiger partial charge in [0.1, 0.15) is 11.6 Å². The van der Waals surface area contributed by atoms with Crippen LogP contribution in [0, 0.1) is 17.7 Å². The molecule has 0 unspecified atom stereocenters. The van der Waals surface area contributed by atoms with Gasteiger partial charge in [-0.05, 0) is 110 Å². The van der Waals surface area contributed by atoms with Crippen molar-refractivity contribution in [2.45, 2.75) is 69.6 Å². The SMILES string of the molecule is COC(=O)C[C@H](c1cccc(CCC2CCC(c3cc(OC)ccc3F)CC2)c1)C1CC1. The van der Waals surface area contributed by atoms with E-state index in [1.807, 2.05) is 6.07 Å². The Balaban J connectivity index is 1.31. The zero-order valence-corrected chi connectivity index (χ0v) is 19.3. The summed E-state index contributed by atoms with van der Waals surface area (Å²) in [6, 6.07) is 13.9. The van der Waals surface area contributed by atoms with Crippen molar-refractivity contribution in [2.75, 3.05) is 14.2 Å². The third-order valence-corrected chi connectivity index (χ3v) is 7.52. The Kier molecular flexibility index (Phi) is 7.49. The Labute approximate surface area is 191 Å². The second-order valence-electron chi connectivity index (χ2n) is 9.61. The smallest absolute Gasteiger partial charge is 0.306 e. The van der Waals surface area contributed by atoms with E-state index in [0.717, 1.165) is 43.4 Å². The van der Waals surface area contributed by atoms with E-state index < -0.39 is 0 Å². The van der Waals surface area contributed by atoms with E-state index in [9.17, 15) is 9.18 Å². The number of hydrogen-bond acceptors (Lipinski definition) is 3. The molecule has 32 heavy (non-hydrogen) atoms. The standard InChI is InChI=1S/C28H35FO3/c1-31-24-14-15-27(29)26(17-24)22-10-8-19(9-11-22)6-7-20-4-3-5-23(16-20)25(21-12-13-21)18-28(30)32-2/h3-5,14-17,19,21-22,25H,6-13,18H2,1-2H3/t19?,22?,25-/m0/s1. The van der Waals surface area contributed by atoms with Crippen LogP contribution < -0.4 is 4.74 Å². The highest BCUT2D eigenvalue weighted by Crippen LogP contribution is 2.45. The van der Waals surface area contributed by atoms with Crippen LogP contribution in [-0.2, 0) is 16.0 Å². The van der Waals surface area contributed by atoms with Gasteiger partial charge >= 0.3 is 5.97 Å². The van der Waals surface area contributed by atoms with Crippen molar-refractivity contribution in [1.82, 2.24) is 0 Å². The van der Waals surface area contributed by atoms with Gasteiger partial charge in [0, 0.05) is 0 Å². The maximum absolute atomic E-state index is 14.3. The van der Waals surface area contributed by atoms with E-state index >= 15 is 0 Å². The van der Waals surface area contributed by atoms with Crippen molar-refractivity contribution in [3.63, 3.8) is 0 Å². The number of aryl methyl sites for hydroxylation is 1. The molecule has 0 amide bonds. The molecule has 172 valence electrons. The minimum absolute atomic E-state index is 0.108. The zero-order chi connectivity index (χ0) is 22.5. The number of halogens is 1. The number of hydrogen-bond donors (Lipinski definition) is 0. The van der Waals surface area contributed by atoms with Gasteiger partial charge in [0.15, 0.2) is 0 Å². The molecule has 0 aliphatic heterocycles. The summed E-state index contributed by atoms with van der Waals surface area (Å²) in [5.74, 6) is 2.41. The third kappa shape index (κ3) is 5.70. The maximum Gasteiger partial charge on any atom is 0.306 e. The Morgan fingerprint density at radius 2 is 1.81 bits per heavy atom. The average molecular weight is 439 g/mol. The van der Waals surface area contributed by atoms with Gasteiger partial charge in [-0.1, -0.05) is 24.3 Å². The summed E-state index contributed by atoms with van der Waals surface area (Å²) in [6.45, 7) is 0. The Hall–Kier alpha value is -2.36. The van der Waals surface area contributed by atoms with E-state index in [-0.39, 0.29) is 17.7 Å². The van der Waals surface area contributed by atoms with Crippen LogP contribution in [0.1, 0.15) is 79.9 Å². The summed E-state index contributed by atoms with van der Waals surface area (Å²) in [5, 5.41) is 0. The first-order valence-electron chi connectivity index (χ1n) is 12.1. The van der Waals surface area contributed by atoms with Crippen LogP contribution >= 0.6 is 0 Å². The van der Waals surface area contributed by atoms with Crippen LogP contribution in [0.25, 0.3) is 0 Å². The first kappa shape index (κ1) is 22.8. The number of methoxy groups -OCH3 is 2. The van der Waals surface area contributed by atoms with Crippen molar-refractivity contribution in [1.29, 1.82) is 0 Å². The summed E-state index contributed by atoms with van der Waals surface area (Å²) in [6.07, 6.45) is 9.51. The predicted molar refractivity (Wildman–Crippen MR) is 125 cm³/mol. The molecule has 2 fully saturated rings. The van der Waals surface area contributed by atoms with Gasteiger partial charge < -0.3 is 9.47 Å². The molecule has 2 aliphatic rings. The van der Waals surface area contributed by atoms with E-state index in [0.29, 0.717) is 24.2 Å². The fourth-order valence-corrected chi connectivity index (χ4v) is 5.39. The minimum Gasteiger partial charge on any atom is -0.497 e. The largest absolute Gasteiger partial charge is 0.497 e. The van der Waals surface area contributed by atoms with Gasteiger partial charge in [0.05, 0.1) is 20.6 Å². The molecule has 2 aromatic carbocycles. The number of ether oxygens (including phenoxy) is 2. The monoisotopic (exact) mass is 438 g/mol. The van der Waals surface area contributed by atoms with Crippen LogP contribution in [0.15, 0.2) is 42.5 Å².